The molecule has 29 heavy (non-hydrogen) atoms. The molecule has 2 aliphatic rings. The van der Waals surface area contributed by atoms with E-state index < -0.39 is 0 Å². The molecule has 2 aromatic rings. The van der Waals surface area contributed by atoms with Crippen molar-refractivity contribution in [2.45, 2.75) is 37.8 Å². The molecule has 4 nitrogen and oxygen atoms in total. The van der Waals surface area contributed by atoms with Crippen molar-refractivity contribution >= 4 is 46.4 Å². The molecule has 2 N–H and O–H groups in total. The summed E-state index contributed by atoms with van der Waals surface area (Å²) in [4.78, 5) is 14.6. The van der Waals surface area contributed by atoms with Crippen LogP contribution in [0.5, 0.6) is 0 Å². The van der Waals surface area contributed by atoms with Crippen molar-refractivity contribution in [3.05, 3.63) is 63.1 Å². The quantitative estimate of drug-likeness (QED) is 0.647. The highest BCUT2D eigenvalue weighted by molar-refractivity contribution is 6.35. The van der Waals surface area contributed by atoms with Crippen LogP contribution < -0.4 is 10.6 Å². The third-order valence-electron chi connectivity index (χ3n) is 5.41. The molecule has 0 bridgehead atoms. The molecule has 0 aliphatic carbocycles. The van der Waals surface area contributed by atoms with E-state index in [1.807, 2.05) is 43.4 Å². The first-order chi connectivity index (χ1) is 13.8. The molecule has 0 spiro atoms. The Morgan fingerprint density at radius 3 is 2.24 bits per heavy atom. The summed E-state index contributed by atoms with van der Waals surface area (Å²) in [6, 6.07) is 13.9. The first-order valence-electron chi connectivity index (χ1n) is 9.82. The molecule has 7 heteroatoms. The highest BCUT2D eigenvalue weighted by Gasteiger charge is 2.29. The van der Waals surface area contributed by atoms with E-state index in [-0.39, 0.29) is 12.1 Å². The number of nitrogens with two attached hydrogens (primary N) is 1. The van der Waals surface area contributed by atoms with Crippen molar-refractivity contribution in [3.8, 4) is 0 Å². The minimum Gasteiger partial charge on any atom is -0.363 e. The fourth-order valence-corrected chi connectivity index (χ4v) is 4.46. The smallest absolute Gasteiger partial charge is 0.222 e. The lowest BCUT2D eigenvalue weighted by Gasteiger charge is -2.41. The predicted molar refractivity (Wildman–Crippen MR) is 122 cm³/mol. The van der Waals surface area contributed by atoms with Crippen LogP contribution in [0.1, 0.15) is 37.3 Å². The van der Waals surface area contributed by atoms with Crippen LogP contribution in [0.3, 0.4) is 0 Å². The van der Waals surface area contributed by atoms with Crippen LogP contribution in [0.25, 0.3) is 0 Å². The zero-order valence-corrected chi connectivity index (χ0v) is 18.7. The van der Waals surface area contributed by atoms with Crippen LogP contribution >= 0.6 is 34.8 Å². The van der Waals surface area contributed by atoms with Crippen LogP contribution in [0.4, 0.5) is 5.69 Å². The van der Waals surface area contributed by atoms with Gasteiger partial charge in [0.15, 0.2) is 0 Å². The zero-order chi connectivity index (χ0) is 21.0. The van der Waals surface area contributed by atoms with Crippen LogP contribution in [-0.2, 0) is 4.79 Å². The van der Waals surface area contributed by atoms with Gasteiger partial charge in [-0.15, -0.1) is 0 Å². The highest BCUT2D eigenvalue weighted by Crippen LogP contribution is 2.38. The first-order valence-corrected chi connectivity index (χ1v) is 10.9. The predicted octanol–water partition coefficient (Wildman–Crippen LogP) is 5.55. The van der Waals surface area contributed by atoms with Crippen molar-refractivity contribution in [3.63, 3.8) is 0 Å². The summed E-state index contributed by atoms with van der Waals surface area (Å²) in [5, 5.41) is 2.08. The monoisotopic (exact) mass is 453 g/mol. The Morgan fingerprint density at radius 1 is 1.00 bits per heavy atom. The topological polar surface area (TPSA) is 49.6 Å². The van der Waals surface area contributed by atoms with Crippen LogP contribution in [-0.4, -0.2) is 37.0 Å². The molecule has 0 aromatic heterocycles. The fraction of sp³-hybridized carbons (Fsp3) is 0.409. The molecule has 1 amide bonds. The molecule has 2 atom stereocenters. The number of piperidine rings is 1. The molecule has 1 unspecified atom stereocenters. The maximum absolute atomic E-state index is 10.5. The van der Waals surface area contributed by atoms with Gasteiger partial charge in [0.1, 0.15) is 0 Å². The highest BCUT2D eigenvalue weighted by atomic mass is 35.5. The van der Waals surface area contributed by atoms with Crippen LogP contribution in [0, 0.1) is 0 Å². The maximum Gasteiger partial charge on any atom is 0.222 e. The van der Waals surface area contributed by atoms with E-state index in [2.05, 4.69) is 4.90 Å². The second-order valence-corrected chi connectivity index (χ2v) is 8.85. The standard InChI is InChI=1S/C17H17Cl3N2.C5H9NO/c18-11-1-5-14(6-2-11)22-10-13(21)4-8-17(22)15-7-3-12(19)9-16(15)20;1-6-4-2-3-5(6)7/h1-3,5-7,9,13,17H,4,8,10,21H2;2-4H2,1H3/t13-,17?;/m0./s1. The fourth-order valence-electron chi connectivity index (χ4n) is 3.80. The summed E-state index contributed by atoms with van der Waals surface area (Å²) in [5.41, 5.74) is 8.37. The van der Waals surface area contributed by atoms with Crippen molar-refractivity contribution in [2.75, 3.05) is 25.0 Å². The van der Waals surface area contributed by atoms with E-state index in [1.165, 1.54) is 0 Å². The van der Waals surface area contributed by atoms with Gasteiger partial charge in [0.25, 0.3) is 0 Å². The number of carbonyl (C=O) groups excluding carboxylic acids is 1. The second kappa shape index (κ2) is 10.0. The molecular weight excluding hydrogens is 429 g/mol. The summed E-state index contributed by atoms with van der Waals surface area (Å²) in [6.07, 6.45) is 3.75. The third-order valence-corrected chi connectivity index (χ3v) is 6.22. The van der Waals surface area contributed by atoms with Crippen LogP contribution in [0.15, 0.2) is 42.5 Å². The van der Waals surface area contributed by atoms with E-state index >= 15 is 0 Å². The van der Waals surface area contributed by atoms with Crippen LogP contribution in [0.2, 0.25) is 15.1 Å². The molecule has 0 saturated carbocycles. The lowest BCUT2D eigenvalue weighted by atomic mass is 9.92. The van der Waals surface area contributed by atoms with Crippen molar-refractivity contribution in [1.82, 2.24) is 4.90 Å². The molecule has 2 saturated heterocycles. The minimum atomic E-state index is 0.165. The number of hydrogen-bond donors (Lipinski definition) is 1. The van der Waals surface area contributed by atoms with E-state index in [9.17, 15) is 4.79 Å². The third kappa shape index (κ3) is 5.79. The molecular formula is C22H26Cl3N3O. The number of hydrogen-bond acceptors (Lipinski definition) is 3. The molecule has 2 heterocycles. The number of amides is 1. The average molecular weight is 455 g/mol. The molecule has 0 radical (unpaired) electrons. The summed E-state index contributed by atoms with van der Waals surface area (Å²) in [5.74, 6) is 0.292. The Hall–Kier alpha value is -1.46. The Morgan fingerprint density at radius 2 is 1.69 bits per heavy atom. The summed E-state index contributed by atoms with van der Waals surface area (Å²) >= 11 is 18.4. The second-order valence-electron chi connectivity index (χ2n) is 7.57. The average Bonchev–Trinajstić information content (AvgIpc) is 3.06. The lowest BCUT2D eigenvalue weighted by molar-refractivity contribution is -0.126. The van der Waals surface area contributed by atoms with Gasteiger partial charge in [-0.1, -0.05) is 40.9 Å². The van der Waals surface area contributed by atoms with Gasteiger partial charge in [-0.3, -0.25) is 4.79 Å². The van der Waals surface area contributed by atoms with Crippen molar-refractivity contribution in [1.29, 1.82) is 0 Å². The molecule has 2 fully saturated rings. The van der Waals surface area contributed by atoms with E-state index in [1.54, 1.807) is 11.0 Å². The van der Waals surface area contributed by atoms with Gasteiger partial charge >= 0.3 is 0 Å². The summed E-state index contributed by atoms with van der Waals surface area (Å²) < 4.78 is 0. The van der Waals surface area contributed by atoms with Crippen molar-refractivity contribution < 1.29 is 4.79 Å². The largest absolute Gasteiger partial charge is 0.363 e. The van der Waals surface area contributed by atoms with E-state index in [4.69, 9.17) is 40.5 Å². The Kier molecular flexibility index (Phi) is 7.69. The summed E-state index contributed by atoms with van der Waals surface area (Å²) in [7, 11) is 1.84. The van der Waals surface area contributed by atoms with Gasteiger partial charge in [-0.25, -0.2) is 0 Å². The molecule has 156 valence electrons. The van der Waals surface area contributed by atoms with Crippen molar-refractivity contribution in [2.24, 2.45) is 5.73 Å². The van der Waals surface area contributed by atoms with Gasteiger partial charge < -0.3 is 15.5 Å². The van der Waals surface area contributed by atoms with E-state index in [0.29, 0.717) is 16.0 Å². The maximum atomic E-state index is 10.5. The van der Waals surface area contributed by atoms with Gasteiger partial charge in [0, 0.05) is 53.4 Å². The number of nitrogens with zero attached hydrogens (tertiary/aromatic N) is 2. The number of carbonyl (C=O) groups is 1. The Labute approximate surface area is 187 Å². The molecule has 2 aromatic carbocycles. The van der Waals surface area contributed by atoms with E-state index in [0.717, 1.165) is 55.0 Å². The lowest BCUT2D eigenvalue weighted by Crippen LogP contribution is -2.44. The first kappa shape index (κ1) is 22.2. The number of rotatable bonds is 2. The molecule has 2 aliphatic heterocycles. The number of halogens is 3. The molecule has 4 rings (SSSR count). The minimum absolute atomic E-state index is 0.165. The number of benzene rings is 2. The Balaban J connectivity index is 0.000000290. The van der Waals surface area contributed by atoms with Gasteiger partial charge in [-0.2, -0.15) is 0 Å². The number of likely N-dealkylation sites (tertiary alicyclic amines) is 1. The normalized spacial score (nSPS) is 21.8. The van der Waals surface area contributed by atoms with Gasteiger partial charge in [-0.05, 0) is 61.2 Å². The Bertz CT molecular complexity index is 844. The van der Waals surface area contributed by atoms with Gasteiger partial charge in [0.2, 0.25) is 5.91 Å². The summed E-state index contributed by atoms with van der Waals surface area (Å²) in [6.45, 7) is 1.75. The van der Waals surface area contributed by atoms with Gasteiger partial charge in [0.05, 0.1) is 6.04 Å². The number of anilines is 1. The SMILES string of the molecule is CN1CCCC1=O.N[C@H]1CCC(c2ccc(Cl)cc2Cl)N(c2ccc(Cl)cc2)C1. The zero-order valence-electron chi connectivity index (χ0n) is 16.5.